The minimum Gasteiger partial charge on any atom is -0.494 e. The van der Waals surface area contributed by atoms with Crippen molar-refractivity contribution in [3.05, 3.63) is 29.8 Å². The maximum absolute atomic E-state index is 12.0. The van der Waals surface area contributed by atoms with E-state index in [0.717, 1.165) is 31.7 Å². The summed E-state index contributed by atoms with van der Waals surface area (Å²) in [6.45, 7) is 4.21. The van der Waals surface area contributed by atoms with Gasteiger partial charge in [-0.25, -0.2) is 5.01 Å². The van der Waals surface area contributed by atoms with Crippen LogP contribution in [0.25, 0.3) is 0 Å². The maximum atomic E-state index is 12.0. The highest BCUT2D eigenvalue weighted by Crippen LogP contribution is 2.11. The highest BCUT2D eigenvalue weighted by molar-refractivity contribution is 5.96. The number of amides is 2. The number of nitrogens with zero attached hydrogens (tertiary/aromatic N) is 1. The first kappa shape index (κ1) is 16.3. The molecule has 0 bridgehead atoms. The number of nitrogens with one attached hydrogen (secondary N) is 2. The van der Waals surface area contributed by atoms with E-state index < -0.39 is 0 Å². The van der Waals surface area contributed by atoms with Gasteiger partial charge in [-0.05, 0) is 44.0 Å². The maximum Gasteiger partial charge on any atom is 0.253 e. The molecule has 0 atom stereocenters. The molecule has 1 aliphatic heterocycles. The largest absolute Gasteiger partial charge is 0.494 e. The summed E-state index contributed by atoms with van der Waals surface area (Å²) in [4.78, 5) is 23.8. The second-order valence-corrected chi connectivity index (χ2v) is 5.22. The number of carbonyl (C=O) groups is 2. The monoisotopic (exact) mass is 305 g/mol. The van der Waals surface area contributed by atoms with Crippen molar-refractivity contribution < 1.29 is 14.3 Å². The third-order valence-electron chi connectivity index (χ3n) is 3.48. The van der Waals surface area contributed by atoms with Crippen molar-refractivity contribution in [2.24, 2.45) is 0 Å². The predicted molar refractivity (Wildman–Crippen MR) is 83.5 cm³/mol. The van der Waals surface area contributed by atoms with Gasteiger partial charge in [-0.15, -0.1) is 0 Å². The fourth-order valence-electron chi connectivity index (χ4n) is 2.35. The van der Waals surface area contributed by atoms with Crippen LogP contribution >= 0.6 is 0 Å². The van der Waals surface area contributed by atoms with Crippen molar-refractivity contribution in [1.82, 2.24) is 15.8 Å². The molecule has 2 amide bonds. The fourth-order valence-corrected chi connectivity index (χ4v) is 2.35. The highest BCUT2D eigenvalue weighted by atomic mass is 16.5. The van der Waals surface area contributed by atoms with Gasteiger partial charge >= 0.3 is 0 Å². The van der Waals surface area contributed by atoms with Gasteiger partial charge < -0.3 is 10.1 Å². The Hall–Kier alpha value is -2.08. The lowest BCUT2D eigenvalue weighted by Gasteiger charge is -2.26. The third-order valence-corrected chi connectivity index (χ3v) is 3.48. The molecule has 2 rings (SSSR count). The molecule has 0 spiro atoms. The summed E-state index contributed by atoms with van der Waals surface area (Å²) in [7, 11) is 0. The Bertz CT molecular complexity index is 496. The zero-order valence-electron chi connectivity index (χ0n) is 12.9. The molecular weight excluding hydrogens is 282 g/mol. The first-order valence-corrected chi connectivity index (χ1v) is 7.74. The topological polar surface area (TPSA) is 70.7 Å². The lowest BCUT2D eigenvalue weighted by Crippen LogP contribution is -2.48. The van der Waals surface area contributed by atoms with Gasteiger partial charge in [0.1, 0.15) is 5.75 Å². The second-order valence-electron chi connectivity index (χ2n) is 5.22. The average Bonchev–Trinajstić information content (AvgIpc) is 2.54. The smallest absolute Gasteiger partial charge is 0.253 e. The van der Waals surface area contributed by atoms with Gasteiger partial charge in [0.25, 0.3) is 11.8 Å². The summed E-state index contributed by atoms with van der Waals surface area (Å²) in [5, 5.41) is 4.53. The number of hydrogen-bond donors (Lipinski definition) is 2. The molecule has 1 saturated heterocycles. The molecule has 2 N–H and O–H groups in total. The molecule has 6 nitrogen and oxygen atoms in total. The number of hydrogen-bond acceptors (Lipinski definition) is 4. The van der Waals surface area contributed by atoms with E-state index in [0.29, 0.717) is 12.2 Å². The number of piperidine rings is 1. The van der Waals surface area contributed by atoms with Crippen molar-refractivity contribution in [3.63, 3.8) is 0 Å². The van der Waals surface area contributed by atoms with Gasteiger partial charge in [0, 0.05) is 18.7 Å². The van der Waals surface area contributed by atoms with Crippen molar-refractivity contribution >= 4 is 11.8 Å². The Balaban J connectivity index is 1.75. The van der Waals surface area contributed by atoms with E-state index in [2.05, 4.69) is 10.7 Å². The third kappa shape index (κ3) is 5.04. The predicted octanol–water partition coefficient (Wildman–Crippen LogP) is 1.33. The van der Waals surface area contributed by atoms with Crippen molar-refractivity contribution in [3.8, 4) is 5.75 Å². The standard InChI is InChI=1S/C16H23N3O3/c1-2-22-14-8-6-13(7-9-14)16(21)17-12-15(20)18-19-10-4-3-5-11-19/h6-9H,2-5,10-12H2,1H3,(H,17,21)(H,18,20). The summed E-state index contributed by atoms with van der Waals surface area (Å²) < 4.78 is 5.32. The van der Waals surface area contributed by atoms with Gasteiger partial charge in [0.15, 0.2) is 0 Å². The van der Waals surface area contributed by atoms with E-state index in [4.69, 9.17) is 4.74 Å². The fraction of sp³-hybridized carbons (Fsp3) is 0.500. The Morgan fingerprint density at radius 2 is 1.82 bits per heavy atom. The first-order valence-electron chi connectivity index (χ1n) is 7.74. The van der Waals surface area contributed by atoms with E-state index in [1.54, 1.807) is 24.3 Å². The van der Waals surface area contributed by atoms with Crippen molar-refractivity contribution in [2.75, 3.05) is 26.2 Å². The molecule has 1 heterocycles. The molecule has 120 valence electrons. The van der Waals surface area contributed by atoms with Gasteiger partial charge in [0.05, 0.1) is 13.2 Å². The lowest BCUT2D eigenvalue weighted by molar-refractivity contribution is -0.125. The Labute approximate surface area is 130 Å². The Morgan fingerprint density at radius 3 is 2.45 bits per heavy atom. The Morgan fingerprint density at radius 1 is 1.14 bits per heavy atom. The molecule has 0 aromatic heterocycles. The molecule has 1 aromatic rings. The SMILES string of the molecule is CCOc1ccc(C(=O)NCC(=O)NN2CCCCC2)cc1. The zero-order chi connectivity index (χ0) is 15.8. The van der Waals surface area contributed by atoms with Crippen LogP contribution in [0.2, 0.25) is 0 Å². The first-order chi connectivity index (χ1) is 10.7. The molecule has 1 aromatic carbocycles. The van der Waals surface area contributed by atoms with Crippen LogP contribution in [0.3, 0.4) is 0 Å². The highest BCUT2D eigenvalue weighted by Gasteiger charge is 2.13. The lowest BCUT2D eigenvalue weighted by atomic mass is 10.2. The quantitative estimate of drug-likeness (QED) is 0.832. The van der Waals surface area contributed by atoms with Crippen LogP contribution in [0.1, 0.15) is 36.5 Å². The minimum absolute atomic E-state index is 0.0253. The van der Waals surface area contributed by atoms with E-state index >= 15 is 0 Å². The summed E-state index contributed by atoms with van der Waals surface area (Å²) in [5.41, 5.74) is 3.32. The van der Waals surface area contributed by atoms with Crippen LogP contribution in [0, 0.1) is 0 Å². The molecule has 0 aliphatic carbocycles. The van der Waals surface area contributed by atoms with Crippen molar-refractivity contribution in [2.45, 2.75) is 26.2 Å². The summed E-state index contributed by atoms with van der Waals surface area (Å²) in [5.74, 6) is 0.264. The zero-order valence-corrected chi connectivity index (χ0v) is 12.9. The molecule has 1 fully saturated rings. The molecule has 0 saturated carbocycles. The van der Waals surface area contributed by atoms with Crippen LogP contribution in [0.15, 0.2) is 24.3 Å². The summed E-state index contributed by atoms with van der Waals surface area (Å²) >= 11 is 0. The molecular formula is C16H23N3O3. The van der Waals surface area contributed by atoms with Crippen LogP contribution < -0.4 is 15.5 Å². The van der Waals surface area contributed by atoms with Gasteiger partial charge in [-0.3, -0.25) is 15.0 Å². The van der Waals surface area contributed by atoms with Crippen molar-refractivity contribution in [1.29, 1.82) is 0 Å². The Kier molecular flexibility index (Phi) is 6.21. The van der Waals surface area contributed by atoms with Gasteiger partial charge in [0.2, 0.25) is 0 Å². The van der Waals surface area contributed by atoms with Crippen LogP contribution in [-0.4, -0.2) is 43.1 Å². The number of carbonyl (C=O) groups excluding carboxylic acids is 2. The van der Waals surface area contributed by atoms with E-state index in [1.165, 1.54) is 6.42 Å². The second kappa shape index (κ2) is 8.38. The van der Waals surface area contributed by atoms with E-state index in [9.17, 15) is 9.59 Å². The van der Waals surface area contributed by atoms with Crippen LogP contribution in [-0.2, 0) is 4.79 Å². The minimum atomic E-state index is -0.267. The number of ether oxygens (including phenoxy) is 1. The molecule has 0 unspecified atom stereocenters. The number of benzene rings is 1. The normalized spacial score (nSPS) is 15.1. The average molecular weight is 305 g/mol. The number of rotatable bonds is 6. The summed E-state index contributed by atoms with van der Waals surface area (Å²) in [6, 6.07) is 6.85. The van der Waals surface area contributed by atoms with Gasteiger partial charge in [-0.2, -0.15) is 0 Å². The van der Waals surface area contributed by atoms with E-state index in [1.807, 2.05) is 11.9 Å². The molecule has 22 heavy (non-hydrogen) atoms. The summed E-state index contributed by atoms with van der Waals surface area (Å²) in [6.07, 6.45) is 3.40. The van der Waals surface area contributed by atoms with Gasteiger partial charge in [-0.1, -0.05) is 6.42 Å². The molecule has 1 aliphatic rings. The van der Waals surface area contributed by atoms with E-state index in [-0.39, 0.29) is 18.4 Å². The molecule has 0 radical (unpaired) electrons. The van der Waals surface area contributed by atoms with Crippen LogP contribution in [0.5, 0.6) is 5.75 Å². The number of hydrazine groups is 1. The van der Waals surface area contributed by atoms with Crippen LogP contribution in [0.4, 0.5) is 0 Å². The molecule has 6 heteroatoms.